The van der Waals surface area contributed by atoms with E-state index < -0.39 is 17.8 Å². The Morgan fingerprint density at radius 3 is 2.80 bits per heavy atom. The first kappa shape index (κ1) is 15.3. The van der Waals surface area contributed by atoms with Crippen molar-refractivity contribution in [1.82, 2.24) is 5.32 Å². The highest BCUT2D eigenvalue weighted by Gasteiger charge is 2.31. The maximum atomic E-state index is 12.6. The van der Waals surface area contributed by atoms with Crippen LogP contribution in [-0.4, -0.2) is 17.7 Å². The summed E-state index contributed by atoms with van der Waals surface area (Å²) >= 11 is 0. The average Bonchev–Trinajstić information content (AvgIpc) is 2.66. The minimum atomic E-state index is -4.36. The molecule has 0 aromatic heterocycles. The van der Waals surface area contributed by atoms with Crippen LogP contribution >= 0.6 is 0 Å². The van der Waals surface area contributed by atoms with Crippen LogP contribution in [0.3, 0.4) is 0 Å². The van der Waals surface area contributed by atoms with Gasteiger partial charge in [0.2, 0.25) is 0 Å². The van der Waals surface area contributed by atoms with Gasteiger partial charge in [0.05, 0.1) is 11.7 Å². The highest BCUT2D eigenvalue weighted by molar-refractivity contribution is 5.27. The summed E-state index contributed by atoms with van der Waals surface area (Å²) in [6, 6.07) is 5.15. The number of benzene rings is 1. The number of nitrogens with one attached hydrogen (secondary N) is 1. The molecule has 0 spiro atoms. The van der Waals surface area contributed by atoms with Crippen molar-refractivity contribution in [3.63, 3.8) is 0 Å². The molecule has 2 N–H and O–H groups in total. The molecule has 0 saturated carbocycles. The second-order valence-corrected chi connectivity index (χ2v) is 5.38. The van der Waals surface area contributed by atoms with E-state index in [0.717, 1.165) is 37.9 Å². The first-order valence-corrected chi connectivity index (χ1v) is 7.05. The Bertz CT molecular complexity index is 425. The highest BCUT2D eigenvalue weighted by atomic mass is 19.4. The fraction of sp³-hybridized carbons (Fsp3) is 0.600. The van der Waals surface area contributed by atoms with Crippen LogP contribution in [0.25, 0.3) is 0 Å². The van der Waals surface area contributed by atoms with Gasteiger partial charge in [0.1, 0.15) is 0 Å². The molecule has 2 rings (SSSR count). The molecule has 1 aromatic carbocycles. The number of hydrogen-bond acceptors (Lipinski definition) is 2. The lowest BCUT2D eigenvalue weighted by molar-refractivity contribution is -0.137. The third-order valence-electron chi connectivity index (χ3n) is 3.77. The molecule has 0 radical (unpaired) electrons. The Balaban J connectivity index is 2.03. The molecule has 1 aliphatic rings. The molecule has 1 aliphatic heterocycles. The Morgan fingerprint density at radius 1 is 1.25 bits per heavy atom. The van der Waals surface area contributed by atoms with Gasteiger partial charge in [0.25, 0.3) is 0 Å². The van der Waals surface area contributed by atoms with Crippen LogP contribution in [0.4, 0.5) is 13.2 Å². The smallest absolute Gasteiger partial charge is 0.388 e. The second-order valence-electron chi connectivity index (χ2n) is 5.38. The molecule has 2 unspecified atom stereocenters. The Labute approximate surface area is 117 Å². The molecule has 1 saturated heterocycles. The molecule has 5 heteroatoms. The maximum absolute atomic E-state index is 12.6. The van der Waals surface area contributed by atoms with E-state index in [0.29, 0.717) is 12.0 Å². The fourth-order valence-corrected chi connectivity index (χ4v) is 2.63. The topological polar surface area (TPSA) is 32.3 Å². The van der Waals surface area contributed by atoms with E-state index in [4.69, 9.17) is 0 Å². The summed E-state index contributed by atoms with van der Waals surface area (Å²) in [5.41, 5.74) is -0.367. The molecular weight excluding hydrogens is 267 g/mol. The van der Waals surface area contributed by atoms with E-state index >= 15 is 0 Å². The van der Waals surface area contributed by atoms with Gasteiger partial charge < -0.3 is 10.4 Å². The maximum Gasteiger partial charge on any atom is 0.416 e. The van der Waals surface area contributed by atoms with Crippen molar-refractivity contribution >= 4 is 0 Å². The molecule has 2 nitrogen and oxygen atoms in total. The van der Waals surface area contributed by atoms with E-state index in [-0.39, 0.29) is 6.04 Å². The SMILES string of the molecule is OC(CC1CCCCCN1)c1cccc(C(F)(F)F)c1. The largest absolute Gasteiger partial charge is 0.416 e. The van der Waals surface area contributed by atoms with Gasteiger partial charge in [0.15, 0.2) is 0 Å². The summed E-state index contributed by atoms with van der Waals surface area (Å²) in [7, 11) is 0. The van der Waals surface area contributed by atoms with Crippen molar-refractivity contribution < 1.29 is 18.3 Å². The van der Waals surface area contributed by atoms with E-state index in [1.165, 1.54) is 12.5 Å². The third-order valence-corrected chi connectivity index (χ3v) is 3.77. The minimum absolute atomic E-state index is 0.182. The Hall–Kier alpha value is -1.07. The summed E-state index contributed by atoms with van der Waals surface area (Å²) in [6.45, 7) is 0.917. The summed E-state index contributed by atoms with van der Waals surface area (Å²) in [4.78, 5) is 0. The summed E-state index contributed by atoms with van der Waals surface area (Å²) < 4.78 is 37.9. The molecule has 1 heterocycles. The molecule has 1 aromatic rings. The van der Waals surface area contributed by atoms with Crippen LogP contribution in [0, 0.1) is 0 Å². The first-order valence-electron chi connectivity index (χ1n) is 7.05. The predicted molar refractivity (Wildman–Crippen MR) is 71.3 cm³/mol. The quantitative estimate of drug-likeness (QED) is 0.889. The van der Waals surface area contributed by atoms with Gasteiger partial charge in [-0.25, -0.2) is 0 Å². The fourth-order valence-electron chi connectivity index (χ4n) is 2.63. The number of halogens is 3. The van der Waals surface area contributed by atoms with E-state index in [1.807, 2.05) is 0 Å². The lowest BCUT2D eigenvalue weighted by Gasteiger charge is -2.20. The third kappa shape index (κ3) is 4.21. The summed E-state index contributed by atoms with van der Waals surface area (Å²) in [6.07, 6.45) is -0.396. The second kappa shape index (κ2) is 6.59. The van der Waals surface area contributed by atoms with Gasteiger partial charge in [-0.15, -0.1) is 0 Å². The highest BCUT2D eigenvalue weighted by Crippen LogP contribution is 2.31. The molecular formula is C15H20F3NO. The van der Waals surface area contributed by atoms with Crippen LogP contribution in [0.2, 0.25) is 0 Å². The van der Waals surface area contributed by atoms with E-state index in [2.05, 4.69) is 5.32 Å². The predicted octanol–water partition coefficient (Wildman–Crippen LogP) is 3.66. The number of aliphatic hydroxyl groups excluding tert-OH is 1. The molecule has 0 bridgehead atoms. The summed E-state index contributed by atoms with van der Waals surface area (Å²) in [5, 5.41) is 13.5. The zero-order valence-corrected chi connectivity index (χ0v) is 11.3. The first-order chi connectivity index (χ1) is 9.47. The van der Waals surface area contributed by atoms with Crippen LogP contribution in [0.5, 0.6) is 0 Å². The lowest BCUT2D eigenvalue weighted by atomic mass is 9.98. The number of hydrogen-bond donors (Lipinski definition) is 2. The Kier molecular flexibility index (Phi) is 5.05. The standard InChI is InChI=1S/C15H20F3NO/c16-15(17,18)12-6-4-5-11(9-12)14(20)10-13-7-2-1-3-8-19-13/h4-6,9,13-14,19-20H,1-3,7-8,10H2. The summed E-state index contributed by atoms with van der Waals surface area (Å²) in [5.74, 6) is 0. The molecule has 0 amide bonds. The van der Waals surface area contributed by atoms with Gasteiger partial charge in [-0.1, -0.05) is 25.0 Å². The number of alkyl halides is 3. The number of aliphatic hydroxyl groups is 1. The average molecular weight is 287 g/mol. The molecule has 112 valence electrons. The molecule has 1 fully saturated rings. The zero-order chi connectivity index (χ0) is 14.6. The van der Waals surface area contributed by atoms with Gasteiger partial charge >= 0.3 is 6.18 Å². The van der Waals surface area contributed by atoms with Crippen LogP contribution in [0.1, 0.15) is 49.3 Å². The van der Waals surface area contributed by atoms with Gasteiger partial charge in [-0.2, -0.15) is 13.2 Å². The van der Waals surface area contributed by atoms with Gasteiger partial charge in [-0.05, 0) is 43.5 Å². The molecule has 2 atom stereocenters. The minimum Gasteiger partial charge on any atom is -0.388 e. The van der Waals surface area contributed by atoms with Crippen molar-refractivity contribution in [3.05, 3.63) is 35.4 Å². The number of rotatable bonds is 3. The molecule has 20 heavy (non-hydrogen) atoms. The normalized spacial score (nSPS) is 22.3. The van der Waals surface area contributed by atoms with Crippen molar-refractivity contribution in [1.29, 1.82) is 0 Å². The van der Waals surface area contributed by atoms with Crippen molar-refractivity contribution in [2.75, 3.05) is 6.54 Å². The van der Waals surface area contributed by atoms with Crippen LogP contribution < -0.4 is 5.32 Å². The van der Waals surface area contributed by atoms with Crippen LogP contribution in [0.15, 0.2) is 24.3 Å². The monoisotopic (exact) mass is 287 g/mol. The van der Waals surface area contributed by atoms with Crippen molar-refractivity contribution in [2.45, 2.75) is 50.4 Å². The Morgan fingerprint density at radius 2 is 2.05 bits per heavy atom. The van der Waals surface area contributed by atoms with E-state index in [9.17, 15) is 18.3 Å². The van der Waals surface area contributed by atoms with E-state index in [1.54, 1.807) is 6.07 Å². The van der Waals surface area contributed by atoms with Gasteiger partial charge in [-0.3, -0.25) is 0 Å². The van der Waals surface area contributed by atoms with Crippen molar-refractivity contribution in [3.8, 4) is 0 Å². The molecule has 0 aliphatic carbocycles. The van der Waals surface area contributed by atoms with Crippen molar-refractivity contribution in [2.24, 2.45) is 0 Å². The van der Waals surface area contributed by atoms with Gasteiger partial charge in [0, 0.05) is 6.04 Å². The van der Waals surface area contributed by atoms with Crippen LogP contribution in [-0.2, 0) is 6.18 Å². The zero-order valence-electron chi connectivity index (χ0n) is 11.3. The lowest BCUT2D eigenvalue weighted by Crippen LogP contribution is -2.30.